The molecule has 0 atom stereocenters. The van der Waals surface area contributed by atoms with E-state index in [1.165, 1.54) is 9.80 Å². The van der Waals surface area contributed by atoms with Gasteiger partial charge in [0, 0.05) is 13.1 Å². The zero-order chi connectivity index (χ0) is 25.1. The first kappa shape index (κ1) is 23.5. The molecule has 0 saturated carbocycles. The highest BCUT2D eigenvalue weighted by molar-refractivity contribution is 6.31. The van der Waals surface area contributed by atoms with E-state index in [9.17, 15) is 14.4 Å². The summed E-state index contributed by atoms with van der Waals surface area (Å²) in [6.45, 7) is 2.52. The molecule has 4 amide bonds. The van der Waals surface area contributed by atoms with Crippen LogP contribution >= 0.6 is 0 Å². The highest BCUT2D eigenvalue weighted by Crippen LogP contribution is 2.31. The SMILES string of the molecule is CCCCN1C(=O)C(=Cc2cc3ccccc3c3ccccc23)C(=O)N(CCc2ccccc2)C1=O. The van der Waals surface area contributed by atoms with Crippen molar-refractivity contribution < 1.29 is 14.4 Å². The van der Waals surface area contributed by atoms with Crippen molar-refractivity contribution in [2.45, 2.75) is 26.2 Å². The third-order valence-corrected chi connectivity index (χ3v) is 6.71. The first-order chi connectivity index (χ1) is 17.6. The number of nitrogens with zero attached hydrogens (tertiary/aromatic N) is 2. The van der Waals surface area contributed by atoms with Crippen LogP contribution in [0, 0.1) is 0 Å². The molecule has 1 heterocycles. The number of amides is 4. The Labute approximate surface area is 210 Å². The maximum Gasteiger partial charge on any atom is 0.333 e. The fraction of sp³-hybridized carbons (Fsp3) is 0.194. The third-order valence-electron chi connectivity index (χ3n) is 6.71. The lowest BCUT2D eigenvalue weighted by molar-refractivity contribution is -0.135. The second kappa shape index (κ2) is 10.2. The Kier molecular flexibility index (Phi) is 6.63. The van der Waals surface area contributed by atoms with Gasteiger partial charge in [-0.2, -0.15) is 0 Å². The van der Waals surface area contributed by atoms with Crippen molar-refractivity contribution in [3.05, 3.63) is 102 Å². The predicted molar refractivity (Wildman–Crippen MR) is 143 cm³/mol. The number of carbonyl (C=O) groups is 3. The van der Waals surface area contributed by atoms with Crippen LogP contribution in [0.5, 0.6) is 0 Å². The summed E-state index contributed by atoms with van der Waals surface area (Å²) in [6.07, 6.45) is 3.72. The molecule has 36 heavy (non-hydrogen) atoms. The Morgan fingerprint density at radius 2 is 1.31 bits per heavy atom. The van der Waals surface area contributed by atoms with Gasteiger partial charge >= 0.3 is 6.03 Å². The number of imide groups is 2. The topological polar surface area (TPSA) is 57.7 Å². The lowest BCUT2D eigenvalue weighted by Crippen LogP contribution is -2.56. The standard InChI is InChI=1S/C31H28N2O3/c1-2-3-18-32-29(34)28(30(35)33(31(32)36)19-17-22-11-5-4-6-12-22)21-24-20-23-13-7-8-14-25(23)27-16-10-9-15-26(24)27/h4-16,20-21H,2-3,17-19H2,1H3. The fourth-order valence-electron chi connectivity index (χ4n) is 4.78. The quantitative estimate of drug-likeness (QED) is 0.181. The number of benzene rings is 4. The van der Waals surface area contributed by atoms with Gasteiger partial charge in [0.1, 0.15) is 5.57 Å². The lowest BCUT2D eigenvalue weighted by Gasteiger charge is -2.34. The highest BCUT2D eigenvalue weighted by atomic mass is 16.2. The summed E-state index contributed by atoms with van der Waals surface area (Å²) in [5.74, 6) is -1.06. The number of hydrogen-bond acceptors (Lipinski definition) is 3. The molecule has 0 radical (unpaired) electrons. The first-order valence-electron chi connectivity index (χ1n) is 12.4. The van der Waals surface area contributed by atoms with Gasteiger partial charge in [0.15, 0.2) is 0 Å². The van der Waals surface area contributed by atoms with E-state index in [4.69, 9.17) is 0 Å². The molecule has 0 unspecified atom stereocenters. The van der Waals surface area contributed by atoms with Crippen molar-refractivity contribution in [3.8, 4) is 0 Å². The van der Waals surface area contributed by atoms with Gasteiger partial charge in [-0.25, -0.2) is 4.79 Å². The largest absolute Gasteiger partial charge is 0.333 e. The molecule has 4 aromatic carbocycles. The van der Waals surface area contributed by atoms with Crippen LogP contribution in [0.25, 0.3) is 27.6 Å². The second-order valence-corrected chi connectivity index (χ2v) is 9.08. The number of urea groups is 1. The Bertz CT molecular complexity index is 1490. The number of unbranched alkanes of at least 4 members (excludes halogenated alkanes) is 1. The molecule has 0 aromatic heterocycles. The van der Waals surface area contributed by atoms with E-state index < -0.39 is 17.8 Å². The van der Waals surface area contributed by atoms with Gasteiger partial charge in [-0.3, -0.25) is 19.4 Å². The molecule has 0 N–H and O–H groups in total. The second-order valence-electron chi connectivity index (χ2n) is 9.08. The van der Waals surface area contributed by atoms with Crippen LogP contribution in [0.2, 0.25) is 0 Å². The van der Waals surface area contributed by atoms with E-state index in [0.29, 0.717) is 19.4 Å². The van der Waals surface area contributed by atoms with Crippen LogP contribution < -0.4 is 0 Å². The minimum Gasteiger partial charge on any atom is -0.268 e. The number of hydrogen-bond donors (Lipinski definition) is 0. The molecule has 5 nitrogen and oxygen atoms in total. The predicted octanol–water partition coefficient (Wildman–Crippen LogP) is 6.21. The van der Waals surface area contributed by atoms with Gasteiger partial charge in [0.25, 0.3) is 11.8 Å². The van der Waals surface area contributed by atoms with Crippen LogP contribution in [-0.2, 0) is 16.0 Å². The fourth-order valence-corrected chi connectivity index (χ4v) is 4.78. The monoisotopic (exact) mass is 476 g/mol. The smallest absolute Gasteiger partial charge is 0.268 e. The van der Waals surface area contributed by atoms with Crippen LogP contribution in [0.4, 0.5) is 4.79 Å². The molecule has 0 spiro atoms. The van der Waals surface area contributed by atoms with E-state index in [2.05, 4.69) is 6.07 Å². The van der Waals surface area contributed by atoms with Crippen LogP contribution in [-0.4, -0.2) is 40.7 Å². The van der Waals surface area contributed by atoms with Crippen LogP contribution in [0.1, 0.15) is 30.9 Å². The summed E-state index contributed by atoms with van der Waals surface area (Å²) in [5.41, 5.74) is 1.84. The van der Waals surface area contributed by atoms with Gasteiger partial charge in [0.05, 0.1) is 0 Å². The number of carbonyl (C=O) groups excluding carboxylic acids is 3. The van der Waals surface area contributed by atoms with Crippen molar-refractivity contribution in [1.29, 1.82) is 0 Å². The van der Waals surface area contributed by atoms with E-state index in [0.717, 1.165) is 39.1 Å². The Hall–Kier alpha value is -4.25. The summed E-state index contributed by atoms with van der Waals surface area (Å²) >= 11 is 0. The minimum absolute atomic E-state index is 0.0270. The van der Waals surface area contributed by atoms with Crippen molar-refractivity contribution in [3.63, 3.8) is 0 Å². The molecule has 0 aliphatic carbocycles. The normalized spacial score (nSPS) is 15.5. The minimum atomic E-state index is -0.536. The van der Waals surface area contributed by atoms with E-state index in [1.807, 2.05) is 85.8 Å². The Morgan fingerprint density at radius 1 is 0.694 bits per heavy atom. The molecular formula is C31H28N2O3. The van der Waals surface area contributed by atoms with Gasteiger partial charge in [-0.05, 0) is 57.7 Å². The molecule has 5 rings (SSSR count). The van der Waals surface area contributed by atoms with Crippen molar-refractivity contribution in [2.75, 3.05) is 13.1 Å². The molecule has 180 valence electrons. The van der Waals surface area contributed by atoms with Gasteiger partial charge in [0.2, 0.25) is 0 Å². The first-order valence-corrected chi connectivity index (χ1v) is 12.4. The summed E-state index contributed by atoms with van der Waals surface area (Å²) in [6, 6.07) is 27.3. The van der Waals surface area contributed by atoms with Crippen molar-refractivity contribution in [1.82, 2.24) is 9.80 Å². The molecule has 1 aliphatic heterocycles. The van der Waals surface area contributed by atoms with Gasteiger partial charge in [-0.1, -0.05) is 92.2 Å². The molecule has 1 saturated heterocycles. The number of rotatable bonds is 7. The zero-order valence-electron chi connectivity index (χ0n) is 20.3. The molecule has 0 bridgehead atoms. The van der Waals surface area contributed by atoms with E-state index in [1.54, 1.807) is 6.08 Å². The molecule has 4 aromatic rings. The Morgan fingerprint density at radius 3 is 2.03 bits per heavy atom. The molecule has 5 heteroatoms. The van der Waals surface area contributed by atoms with Gasteiger partial charge in [-0.15, -0.1) is 0 Å². The van der Waals surface area contributed by atoms with E-state index in [-0.39, 0.29) is 12.1 Å². The average molecular weight is 477 g/mol. The maximum atomic E-state index is 13.6. The number of barbiturate groups is 1. The molecular weight excluding hydrogens is 448 g/mol. The van der Waals surface area contributed by atoms with Crippen LogP contribution in [0.15, 0.2) is 90.5 Å². The van der Waals surface area contributed by atoms with Crippen molar-refractivity contribution in [2.24, 2.45) is 0 Å². The summed E-state index contributed by atoms with van der Waals surface area (Å²) in [5, 5.41) is 4.15. The zero-order valence-corrected chi connectivity index (χ0v) is 20.3. The summed E-state index contributed by atoms with van der Waals surface area (Å²) in [4.78, 5) is 42.7. The molecule has 1 fully saturated rings. The lowest BCUT2D eigenvalue weighted by atomic mass is 9.95. The average Bonchev–Trinajstić information content (AvgIpc) is 2.91. The molecule has 1 aliphatic rings. The summed E-state index contributed by atoms with van der Waals surface area (Å²) < 4.78 is 0. The van der Waals surface area contributed by atoms with E-state index >= 15 is 0 Å². The van der Waals surface area contributed by atoms with Crippen molar-refractivity contribution >= 4 is 45.5 Å². The van der Waals surface area contributed by atoms with Crippen LogP contribution in [0.3, 0.4) is 0 Å². The highest BCUT2D eigenvalue weighted by Gasteiger charge is 2.41. The number of fused-ring (bicyclic) bond motifs is 3. The Balaban J connectivity index is 1.59. The maximum absolute atomic E-state index is 13.6. The van der Waals surface area contributed by atoms with Gasteiger partial charge < -0.3 is 0 Å². The third kappa shape index (κ3) is 4.40. The summed E-state index contributed by atoms with van der Waals surface area (Å²) in [7, 11) is 0.